The average Bonchev–Trinajstić information content (AvgIpc) is 3.71. The molecule has 3 aliphatic rings. The van der Waals surface area contributed by atoms with E-state index in [1.165, 1.54) is 11.1 Å². The summed E-state index contributed by atoms with van der Waals surface area (Å²) in [4.78, 5) is 26.8. The molecule has 0 unspecified atom stereocenters. The van der Waals surface area contributed by atoms with Crippen molar-refractivity contribution >= 4 is 76.2 Å². The number of aliphatic carboxylic acids is 1. The van der Waals surface area contributed by atoms with Crippen LogP contribution in [-0.4, -0.2) is 77.7 Å². The number of rotatable bonds is 22. The summed E-state index contributed by atoms with van der Waals surface area (Å²) in [5.74, 6) is -1.35. The lowest BCUT2D eigenvalue weighted by atomic mass is 9.78. The average molecular weight is 1030 g/mol. The molecule has 0 saturated heterocycles. The van der Waals surface area contributed by atoms with Crippen molar-refractivity contribution in [3.8, 4) is 0 Å². The van der Waals surface area contributed by atoms with Crippen LogP contribution < -0.4 is 4.90 Å². The number of Topliss-reactive ketones (excluding diaryl/α,β-unsaturated/α-hetero) is 1. The maximum absolute atomic E-state index is 13.5. The van der Waals surface area contributed by atoms with E-state index in [1.807, 2.05) is 24.3 Å². The molecule has 2 aliphatic heterocycles. The van der Waals surface area contributed by atoms with Gasteiger partial charge in [-0.25, -0.2) is 0 Å². The number of carbonyl (C=O) groups excluding carboxylic acids is 1. The van der Waals surface area contributed by atoms with E-state index in [4.69, 9.17) is 5.11 Å². The van der Waals surface area contributed by atoms with Gasteiger partial charge >= 0.3 is 5.97 Å². The van der Waals surface area contributed by atoms with Gasteiger partial charge in [-0.2, -0.15) is 21.4 Å². The highest BCUT2D eigenvalue weighted by atomic mass is 32.2. The maximum Gasteiger partial charge on any atom is 0.303 e. The van der Waals surface area contributed by atoms with Crippen LogP contribution >= 0.6 is 0 Å². The lowest BCUT2D eigenvalue weighted by molar-refractivity contribution is -0.438. The van der Waals surface area contributed by atoms with Crippen molar-refractivity contribution in [3.63, 3.8) is 0 Å². The predicted molar refractivity (Wildman–Crippen MR) is 295 cm³/mol. The van der Waals surface area contributed by atoms with E-state index in [2.05, 4.69) is 134 Å². The Labute approximate surface area is 431 Å². The van der Waals surface area contributed by atoms with Gasteiger partial charge in [0.2, 0.25) is 5.69 Å². The van der Waals surface area contributed by atoms with E-state index in [0.29, 0.717) is 63.6 Å². The van der Waals surface area contributed by atoms with E-state index in [0.717, 1.165) is 98.7 Å². The summed E-state index contributed by atoms with van der Waals surface area (Å²) in [5.41, 5.74) is 10.9. The van der Waals surface area contributed by atoms with Gasteiger partial charge in [0.15, 0.2) is 11.5 Å². The SMILES string of the molecule is CC1(C)C(/C=C/C2=C(c3ccc(C(=O)CCCCCCC(=O)O)cc3)C(=C/C=C3/N(CCCCS(=O)(=O)O)c4ccc5ccccc5c4C3(C)C)/CCC2)=[N+](CCCCS(=O)(=O)O)c2ccc3ccccc3c21. The van der Waals surface area contributed by atoms with Crippen molar-refractivity contribution in [2.24, 2.45) is 0 Å². The van der Waals surface area contributed by atoms with Gasteiger partial charge in [0.1, 0.15) is 6.54 Å². The zero-order chi connectivity index (χ0) is 52.1. The van der Waals surface area contributed by atoms with Crippen LogP contribution in [0.4, 0.5) is 11.4 Å². The van der Waals surface area contributed by atoms with E-state index in [9.17, 15) is 35.5 Å². The summed E-state index contributed by atoms with van der Waals surface area (Å²) in [7, 11) is -8.20. The number of hydrogen-bond acceptors (Lipinski definition) is 7. The van der Waals surface area contributed by atoms with E-state index >= 15 is 0 Å². The molecule has 384 valence electrons. The highest BCUT2D eigenvalue weighted by Gasteiger charge is 2.46. The smallest absolute Gasteiger partial charge is 0.303 e. The number of allylic oxidation sites excluding steroid dienone is 8. The first-order valence-electron chi connectivity index (χ1n) is 25.8. The van der Waals surface area contributed by atoms with Gasteiger partial charge in [0.25, 0.3) is 20.2 Å². The van der Waals surface area contributed by atoms with E-state index in [-0.39, 0.29) is 23.7 Å². The van der Waals surface area contributed by atoms with Gasteiger partial charge < -0.3 is 10.0 Å². The van der Waals surface area contributed by atoms with Crippen LogP contribution in [0.2, 0.25) is 0 Å². The van der Waals surface area contributed by atoms with Crippen molar-refractivity contribution in [3.05, 3.63) is 160 Å². The van der Waals surface area contributed by atoms with Gasteiger partial charge in [0.05, 0.1) is 16.9 Å². The lowest BCUT2D eigenvalue weighted by Crippen LogP contribution is -2.28. The molecule has 0 aromatic heterocycles. The van der Waals surface area contributed by atoms with Crippen molar-refractivity contribution in [2.45, 2.75) is 122 Å². The molecule has 0 amide bonds. The molecule has 0 spiro atoms. The number of fused-ring (bicyclic) bond motifs is 6. The van der Waals surface area contributed by atoms with E-state index in [1.54, 1.807) is 0 Å². The summed E-state index contributed by atoms with van der Waals surface area (Å²) in [6, 6.07) is 33.3. The van der Waals surface area contributed by atoms with Gasteiger partial charge in [-0.3, -0.25) is 18.7 Å². The Bertz CT molecular complexity index is 3320. The molecular formula is C60H69N2O9S2+. The molecular weight excluding hydrogens is 957 g/mol. The third-order valence-electron chi connectivity index (χ3n) is 15.0. The minimum atomic E-state index is -4.10. The molecule has 0 saturated carbocycles. The van der Waals surface area contributed by atoms with Gasteiger partial charge in [-0.15, -0.1) is 0 Å². The molecule has 73 heavy (non-hydrogen) atoms. The second-order valence-corrected chi connectivity index (χ2v) is 24.1. The molecule has 3 N–H and O–H groups in total. The Kier molecular flexibility index (Phi) is 16.2. The molecule has 11 nitrogen and oxygen atoms in total. The number of carbonyl (C=O) groups is 2. The molecule has 0 radical (unpaired) electrons. The van der Waals surface area contributed by atoms with Crippen LogP contribution in [0.1, 0.15) is 138 Å². The number of anilines is 1. The summed E-state index contributed by atoms with van der Waals surface area (Å²) in [6.07, 6.45) is 16.6. The fourth-order valence-corrected chi connectivity index (χ4v) is 12.7. The zero-order valence-electron chi connectivity index (χ0n) is 42.6. The first kappa shape index (κ1) is 53.3. The third kappa shape index (κ3) is 12.2. The molecule has 0 bridgehead atoms. The number of unbranched alkanes of at least 4 members (excludes halogenated alkanes) is 5. The molecule has 8 rings (SSSR count). The zero-order valence-corrected chi connectivity index (χ0v) is 44.2. The predicted octanol–water partition coefficient (Wildman–Crippen LogP) is 13.1. The Hall–Kier alpha value is -5.99. The Morgan fingerprint density at radius 2 is 1.26 bits per heavy atom. The van der Waals surface area contributed by atoms with Gasteiger partial charge in [0, 0.05) is 65.9 Å². The fraction of sp³-hybridized carbons (Fsp3) is 0.383. The topological polar surface area (TPSA) is 169 Å². The van der Waals surface area contributed by atoms with E-state index < -0.39 is 37.0 Å². The molecule has 2 heterocycles. The van der Waals surface area contributed by atoms with Gasteiger partial charge in [-0.1, -0.05) is 118 Å². The first-order valence-corrected chi connectivity index (χ1v) is 29.0. The number of hydrogen-bond donors (Lipinski definition) is 3. The summed E-state index contributed by atoms with van der Waals surface area (Å²) < 4.78 is 68.4. The monoisotopic (exact) mass is 1030 g/mol. The highest BCUT2D eigenvalue weighted by Crippen LogP contribution is 2.51. The third-order valence-corrected chi connectivity index (χ3v) is 16.6. The van der Waals surface area contributed by atoms with Crippen LogP contribution in [0, 0.1) is 0 Å². The second kappa shape index (κ2) is 22.2. The maximum atomic E-state index is 13.5. The fourth-order valence-electron chi connectivity index (χ4n) is 11.5. The molecule has 0 atom stereocenters. The second-order valence-electron chi connectivity index (χ2n) is 20.9. The highest BCUT2D eigenvalue weighted by molar-refractivity contribution is 7.86. The standard InChI is InChI=1S/C60H68N2O9S2/c1-59(2)53(61(38-13-15-40-72(66,67)68)50-34-30-42-18-9-11-22-48(42)57(50)59)36-32-45-20-17-21-46(56(45)47-28-26-44(27-29-47)52(63)24-7-5-6-8-25-55(64)65)33-37-54-60(3,4)58-49-23-12-10-19-43(49)31-35-51(58)62(54)39-14-16-41-73(69,70)71/h9-12,18-19,22-23,26-37H,5-8,13-17,20-21,24-25,38-41H2,1-4H3,(H2-,64,65,66,67,68,69,70,71)/p+1. The lowest BCUT2D eigenvalue weighted by Gasteiger charge is -2.28. The minimum Gasteiger partial charge on any atom is -0.481 e. The normalized spacial score (nSPS) is 17.7. The molecule has 13 heteroatoms. The van der Waals surface area contributed by atoms with Crippen molar-refractivity contribution in [1.82, 2.24) is 0 Å². The van der Waals surface area contributed by atoms with Gasteiger partial charge in [-0.05, 0) is 133 Å². The number of benzene rings is 5. The Morgan fingerprint density at radius 1 is 0.644 bits per heavy atom. The van der Waals surface area contributed by atoms with Crippen molar-refractivity contribution in [1.29, 1.82) is 0 Å². The van der Waals surface area contributed by atoms with Crippen molar-refractivity contribution in [2.75, 3.05) is 29.5 Å². The van der Waals surface area contributed by atoms with Crippen molar-refractivity contribution < 1.29 is 45.2 Å². The number of carboxylic acid groups (broad SMARTS) is 1. The molecule has 1 aliphatic carbocycles. The van der Waals surface area contributed by atoms with Crippen LogP contribution in [0.15, 0.2) is 138 Å². The summed E-state index contributed by atoms with van der Waals surface area (Å²) >= 11 is 0. The molecule has 5 aromatic carbocycles. The number of carboxylic acids is 1. The quantitative estimate of drug-likeness (QED) is 0.0262. The summed E-state index contributed by atoms with van der Waals surface area (Å²) in [6.45, 7) is 10.1. The number of nitrogens with zero attached hydrogens (tertiary/aromatic N) is 2. The molecule has 0 fully saturated rings. The Morgan fingerprint density at radius 3 is 1.92 bits per heavy atom. The van der Waals surface area contributed by atoms with Crippen LogP contribution in [0.25, 0.3) is 27.1 Å². The largest absolute Gasteiger partial charge is 0.481 e. The summed E-state index contributed by atoms with van der Waals surface area (Å²) in [5, 5.41) is 13.6. The first-order chi connectivity index (χ1) is 34.7. The van der Waals surface area contributed by atoms with Crippen LogP contribution in [-0.2, 0) is 35.9 Å². The Balaban J connectivity index is 1.22. The molecule has 5 aromatic rings. The minimum absolute atomic E-state index is 0.0545. The van der Waals surface area contributed by atoms with Crippen LogP contribution in [0.3, 0.4) is 0 Å². The van der Waals surface area contributed by atoms with Crippen LogP contribution in [0.5, 0.6) is 0 Å². The number of ketones is 1.